The number of carbonyl (C=O) groups excluding carboxylic acids is 2. The molecule has 7 nitrogen and oxygen atoms in total. The summed E-state index contributed by atoms with van der Waals surface area (Å²) in [6, 6.07) is 21.8. The number of carbonyl (C=O) groups is 2. The van der Waals surface area contributed by atoms with E-state index in [4.69, 9.17) is 23.7 Å². The summed E-state index contributed by atoms with van der Waals surface area (Å²) in [6.45, 7) is 2.99. The molecule has 0 heterocycles. The third-order valence-electron chi connectivity index (χ3n) is 4.85. The van der Waals surface area contributed by atoms with Gasteiger partial charge in [-0.25, -0.2) is 4.79 Å². The van der Waals surface area contributed by atoms with E-state index < -0.39 is 5.97 Å². The summed E-state index contributed by atoms with van der Waals surface area (Å²) in [4.78, 5) is 23.5. The average molecular weight is 465 g/mol. The number of hydrogen-bond donors (Lipinski definition) is 0. The van der Waals surface area contributed by atoms with Crippen LogP contribution in [0.1, 0.15) is 23.7 Å². The molecule has 0 radical (unpaired) electrons. The van der Waals surface area contributed by atoms with Gasteiger partial charge in [0.25, 0.3) is 0 Å². The van der Waals surface area contributed by atoms with Crippen LogP contribution in [0, 0.1) is 0 Å². The van der Waals surface area contributed by atoms with Gasteiger partial charge in [-0.1, -0.05) is 31.2 Å². The van der Waals surface area contributed by atoms with Crippen LogP contribution in [0.25, 0.3) is 11.1 Å². The zero-order chi connectivity index (χ0) is 24.2. The lowest BCUT2D eigenvalue weighted by molar-refractivity contribution is -0.144. The molecule has 0 aliphatic carbocycles. The first-order valence-electron chi connectivity index (χ1n) is 11.0. The normalized spacial score (nSPS) is 10.4. The van der Waals surface area contributed by atoms with E-state index in [2.05, 4.69) is 0 Å². The lowest BCUT2D eigenvalue weighted by Crippen LogP contribution is -2.13. The number of methoxy groups -OCH3 is 1. The van der Waals surface area contributed by atoms with Crippen molar-refractivity contribution in [2.45, 2.75) is 13.3 Å². The zero-order valence-corrected chi connectivity index (χ0v) is 19.3. The van der Waals surface area contributed by atoms with Gasteiger partial charge >= 0.3 is 11.9 Å². The van der Waals surface area contributed by atoms with Crippen molar-refractivity contribution in [3.8, 4) is 28.4 Å². The van der Waals surface area contributed by atoms with Crippen molar-refractivity contribution in [1.29, 1.82) is 0 Å². The molecular formula is C27H28O7. The van der Waals surface area contributed by atoms with Crippen molar-refractivity contribution in [3.63, 3.8) is 0 Å². The van der Waals surface area contributed by atoms with Crippen LogP contribution in [0.4, 0.5) is 0 Å². The third kappa shape index (κ3) is 7.64. The molecule has 0 aliphatic rings. The van der Waals surface area contributed by atoms with Crippen molar-refractivity contribution in [1.82, 2.24) is 0 Å². The van der Waals surface area contributed by atoms with E-state index in [0.717, 1.165) is 16.9 Å². The molecule has 0 N–H and O–H groups in total. The number of hydrogen-bond acceptors (Lipinski definition) is 7. The van der Waals surface area contributed by atoms with E-state index in [1.165, 1.54) is 0 Å². The molecule has 0 saturated carbocycles. The molecule has 3 rings (SSSR count). The van der Waals surface area contributed by atoms with E-state index in [9.17, 15) is 9.59 Å². The highest BCUT2D eigenvalue weighted by atomic mass is 16.6. The lowest BCUT2D eigenvalue weighted by Gasteiger charge is -2.09. The van der Waals surface area contributed by atoms with Gasteiger partial charge in [0.2, 0.25) is 0 Å². The van der Waals surface area contributed by atoms with Crippen LogP contribution in [0.5, 0.6) is 17.2 Å². The fourth-order valence-electron chi connectivity index (χ4n) is 2.99. The van der Waals surface area contributed by atoms with Crippen molar-refractivity contribution in [3.05, 3.63) is 78.4 Å². The molecule has 0 amide bonds. The van der Waals surface area contributed by atoms with Gasteiger partial charge in [0, 0.05) is 6.42 Å². The minimum Gasteiger partial charge on any atom is -0.497 e. The van der Waals surface area contributed by atoms with E-state index in [-0.39, 0.29) is 12.6 Å². The second-order valence-electron chi connectivity index (χ2n) is 7.20. The first kappa shape index (κ1) is 24.8. The first-order chi connectivity index (χ1) is 16.6. The maximum absolute atomic E-state index is 12.4. The monoisotopic (exact) mass is 464 g/mol. The first-order valence-corrected chi connectivity index (χ1v) is 11.0. The van der Waals surface area contributed by atoms with Crippen molar-refractivity contribution < 1.29 is 33.3 Å². The van der Waals surface area contributed by atoms with E-state index >= 15 is 0 Å². The number of ether oxygens (including phenoxy) is 5. The predicted molar refractivity (Wildman–Crippen MR) is 127 cm³/mol. The standard InChI is InChI=1S/C27H28O7/c1-3-26(28)33-19-17-31-16-18-32-24-12-8-22(9-13-24)27(29)34-25-14-6-21(7-15-25)20-4-10-23(30-2)11-5-20/h4-15H,3,16-19H2,1-2H3. The van der Waals surface area contributed by atoms with Crippen LogP contribution in [0.15, 0.2) is 72.8 Å². The Kier molecular flexibility index (Phi) is 9.49. The molecule has 178 valence electrons. The Morgan fingerprint density at radius 3 is 1.82 bits per heavy atom. The summed E-state index contributed by atoms with van der Waals surface area (Å²) < 4.78 is 26.5. The molecule has 0 bridgehead atoms. The van der Waals surface area contributed by atoms with Crippen LogP contribution in [-0.4, -0.2) is 45.5 Å². The third-order valence-corrected chi connectivity index (χ3v) is 4.85. The Balaban J connectivity index is 1.42. The number of benzene rings is 3. The Morgan fingerprint density at radius 2 is 1.24 bits per heavy atom. The Hall–Kier alpha value is -3.84. The second kappa shape index (κ2) is 13.0. The van der Waals surface area contributed by atoms with E-state index in [1.807, 2.05) is 36.4 Å². The van der Waals surface area contributed by atoms with Gasteiger partial charge < -0.3 is 23.7 Å². The quantitative estimate of drug-likeness (QED) is 0.214. The maximum atomic E-state index is 12.4. The Morgan fingerprint density at radius 1 is 0.676 bits per heavy atom. The summed E-state index contributed by atoms with van der Waals surface area (Å²) in [5.74, 6) is 1.18. The summed E-state index contributed by atoms with van der Waals surface area (Å²) in [7, 11) is 1.63. The maximum Gasteiger partial charge on any atom is 0.343 e. The van der Waals surface area contributed by atoms with Crippen LogP contribution >= 0.6 is 0 Å². The van der Waals surface area contributed by atoms with E-state index in [0.29, 0.717) is 43.3 Å². The highest BCUT2D eigenvalue weighted by molar-refractivity contribution is 5.91. The molecule has 7 heteroatoms. The van der Waals surface area contributed by atoms with Gasteiger partial charge in [-0.15, -0.1) is 0 Å². The van der Waals surface area contributed by atoms with E-state index in [1.54, 1.807) is 50.4 Å². The van der Waals surface area contributed by atoms with Gasteiger partial charge in [0.05, 0.1) is 25.9 Å². The molecule has 0 aliphatic heterocycles. The fourth-order valence-corrected chi connectivity index (χ4v) is 2.99. The van der Waals surface area contributed by atoms with Crippen LogP contribution in [0.3, 0.4) is 0 Å². The van der Waals surface area contributed by atoms with Crippen LogP contribution in [0.2, 0.25) is 0 Å². The summed E-state index contributed by atoms with van der Waals surface area (Å²) in [6.07, 6.45) is 0.351. The summed E-state index contributed by atoms with van der Waals surface area (Å²) in [5, 5.41) is 0. The predicted octanol–water partition coefficient (Wildman–Crippen LogP) is 4.93. The van der Waals surface area contributed by atoms with Gasteiger partial charge in [-0.3, -0.25) is 4.79 Å². The average Bonchev–Trinajstić information content (AvgIpc) is 2.88. The number of rotatable bonds is 12. The Labute approximate surface area is 199 Å². The fraction of sp³-hybridized carbons (Fsp3) is 0.259. The molecule has 0 aromatic heterocycles. The molecule has 3 aromatic carbocycles. The molecule has 3 aromatic rings. The minimum atomic E-state index is -0.450. The topological polar surface area (TPSA) is 80.3 Å². The zero-order valence-electron chi connectivity index (χ0n) is 19.3. The summed E-state index contributed by atoms with van der Waals surface area (Å²) >= 11 is 0. The largest absolute Gasteiger partial charge is 0.497 e. The lowest BCUT2D eigenvalue weighted by atomic mass is 10.1. The molecule has 0 unspecified atom stereocenters. The van der Waals surface area contributed by atoms with Crippen LogP contribution < -0.4 is 14.2 Å². The number of esters is 2. The molecule has 0 saturated heterocycles. The minimum absolute atomic E-state index is 0.230. The molecular weight excluding hydrogens is 436 g/mol. The highest BCUT2D eigenvalue weighted by Gasteiger charge is 2.09. The van der Waals surface area contributed by atoms with Gasteiger partial charge in [0.15, 0.2) is 0 Å². The van der Waals surface area contributed by atoms with Crippen molar-refractivity contribution >= 4 is 11.9 Å². The van der Waals surface area contributed by atoms with Crippen molar-refractivity contribution in [2.24, 2.45) is 0 Å². The second-order valence-corrected chi connectivity index (χ2v) is 7.20. The molecule has 0 spiro atoms. The molecule has 34 heavy (non-hydrogen) atoms. The smallest absolute Gasteiger partial charge is 0.343 e. The van der Waals surface area contributed by atoms with Gasteiger partial charge in [-0.2, -0.15) is 0 Å². The highest BCUT2D eigenvalue weighted by Crippen LogP contribution is 2.25. The molecule has 0 fully saturated rings. The van der Waals surface area contributed by atoms with Crippen LogP contribution in [-0.2, 0) is 14.3 Å². The molecule has 0 atom stereocenters. The Bertz CT molecular complexity index is 1040. The van der Waals surface area contributed by atoms with Crippen molar-refractivity contribution in [2.75, 3.05) is 33.5 Å². The van der Waals surface area contributed by atoms with Gasteiger partial charge in [0.1, 0.15) is 30.5 Å². The SMILES string of the molecule is CCC(=O)OCCOCCOc1ccc(C(=O)Oc2ccc(-c3ccc(OC)cc3)cc2)cc1. The van der Waals surface area contributed by atoms with Gasteiger partial charge in [-0.05, 0) is 59.7 Å². The summed E-state index contributed by atoms with van der Waals surface area (Å²) in [5.41, 5.74) is 2.47.